The summed E-state index contributed by atoms with van der Waals surface area (Å²) in [6.45, 7) is 4.34. The van der Waals surface area contributed by atoms with Gasteiger partial charge in [0.15, 0.2) is 0 Å². The van der Waals surface area contributed by atoms with Crippen LogP contribution in [0, 0.1) is 17.0 Å². The summed E-state index contributed by atoms with van der Waals surface area (Å²) in [6, 6.07) is 7.41. The Morgan fingerprint density at radius 1 is 1.11 bits per heavy atom. The molecule has 0 saturated heterocycles. The second-order valence-corrected chi connectivity index (χ2v) is 10.8. The zero-order valence-corrected chi connectivity index (χ0v) is 20.1. The summed E-state index contributed by atoms with van der Waals surface area (Å²) >= 11 is 0. The third kappa shape index (κ3) is 2.97. The van der Waals surface area contributed by atoms with Crippen LogP contribution >= 0.6 is 0 Å². The third-order valence-electron chi connectivity index (χ3n) is 7.61. The minimum Gasteiger partial charge on any atom is -0.251 e. The van der Waals surface area contributed by atoms with Crippen molar-refractivity contribution in [3.63, 3.8) is 0 Å². The van der Waals surface area contributed by atoms with Crippen LogP contribution < -0.4 is 0 Å². The molecule has 1 aromatic carbocycles. The minimum absolute atomic E-state index is 0.125. The van der Waals surface area contributed by atoms with Crippen LogP contribution in [-0.2, 0) is 16.2 Å². The van der Waals surface area contributed by atoms with Crippen LogP contribution in [0.1, 0.15) is 49.6 Å². The molecule has 0 aliphatic heterocycles. The van der Waals surface area contributed by atoms with Crippen molar-refractivity contribution in [1.29, 1.82) is 0 Å². The van der Waals surface area contributed by atoms with E-state index in [1.54, 1.807) is 12.3 Å². The van der Waals surface area contributed by atoms with Crippen LogP contribution in [0.2, 0.25) is 0 Å². The Hall–Kier alpha value is -3.47. The Bertz CT molecular complexity index is 1500. The number of benzene rings is 1. The molecule has 2 bridgehead atoms. The Kier molecular flexibility index (Phi) is 4.73. The molecule has 6 rings (SSSR count). The van der Waals surface area contributed by atoms with Crippen LogP contribution in [-0.4, -0.2) is 45.4 Å². The third-order valence-corrected chi connectivity index (χ3v) is 8.32. The standard InChI is InChI=1S/C24H21F2N7OS/c1-23(2)14-7-9-24(23,18-8-10-27-21(29-18)33-12-28-22(32-33)35(3)34)20-13(14)11-17(30-31-20)19-15(25)5-4-6-16(19)26/h4-6,8,10-12,14H,7,9H2,1-3H3/t14-,24+,35?/m0/s1. The van der Waals surface area contributed by atoms with Gasteiger partial charge in [-0.05, 0) is 54.0 Å². The molecule has 2 aliphatic rings. The maximum atomic E-state index is 14.5. The molecule has 1 fully saturated rings. The van der Waals surface area contributed by atoms with Gasteiger partial charge in [-0.2, -0.15) is 9.78 Å². The van der Waals surface area contributed by atoms with Crippen molar-refractivity contribution < 1.29 is 13.0 Å². The fourth-order valence-electron chi connectivity index (χ4n) is 5.93. The van der Waals surface area contributed by atoms with Gasteiger partial charge in [-0.3, -0.25) is 4.21 Å². The molecule has 0 radical (unpaired) electrons. The van der Waals surface area contributed by atoms with Crippen LogP contribution in [0.3, 0.4) is 0 Å². The number of hydrogen-bond acceptors (Lipinski definition) is 7. The number of halogens is 2. The molecule has 3 heterocycles. The molecule has 35 heavy (non-hydrogen) atoms. The van der Waals surface area contributed by atoms with E-state index in [-0.39, 0.29) is 27.7 Å². The molecule has 1 saturated carbocycles. The summed E-state index contributed by atoms with van der Waals surface area (Å²) in [5.41, 5.74) is 1.67. The van der Waals surface area contributed by atoms with Gasteiger partial charge in [-0.25, -0.2) is 23.7 Å². The van der Waals surface area contributed by atoms with Gasteiger partial charge in [0.1, 0.15) is 18.0 Å². The molecular formula is C24H21F2N7OS. The van der Waals surface area contributed by atoms with Gasteiger partial charge in [0, 0.05) is 12.5 Å². The Morgan fingerprint density at radius 3 is 2.60 bits per heavy atom. The summed E-state index contributed by atoms with van der Waals surface area (Å²) < 4.78 is 42.1. The highest BCUT2D eigenvalue weighted by Gasteiger charge is 2.65. The first-order chi connectivity index (χ1) is 16.7. The van der Waals surface area contributed by atoms with Crippen molar-refractivity contribution in [3.8, 4) is 17.2 Å². The van der Waals surface area contributed by atoms with E-state index in [9.17, 15) is 13.0 Å². The number of nitrogens with zero attached hydrogens (tertiary/aromatic N) is 7. The van der Waals surface area contributed by atoms with Gasteiger partial charge in [-0.15, -0.1) is 10.2 Å². The van der Waals surface area contributed by atoms with Gasteiger partial charge in [-0.1, -0.05) is 19.9 Å². The van der Waals surface area contributed by atoms with E-state index >= 15 is 0 Å². The maximum Gasteiger partial charge on any atom is 0.252 e. The topological polar surface area (TPSA) is 99.3 Å². The second kappa shape index (κ2) is 7.51. The van der Waals surface area contributed by atoms with E-state index in [4.69, 9.17) is 4.98 Å². The largest absolute Gasteiger partial charge is 0.252 e. The molecular weight excluding hydrogens is 472 g/mol. The van der Waals surface area contributed by atoms with Crippen LogP contribution in [0.4, 0.5) is 8.78 Å². The van der Waals surface area contributed by atoms with E-state index in [1.807, 2.05) is 6.07 Å². The summed E-state index contributed by atoms with van der Waals surface area (Å²) in [6.07, 6.45) is 6.29. The molecule has 3 atom stereocenters. The zero-order valence-electron chi connectivity index (χ0n) is 19.2. The van der Waals surface area contributed by atoms with Gasteiger partial charge < -0.3 is 0 Å². The van der Waals surface area contributed by atoms with Crippen molar-refractivity contribution in [2.75, 3.05) is 6.26 Å². The molecule has 0 amide bonds. The highest BCUT2D eigenvalue weighted by atomic mass is 32.2. The molecule has 4 aromatic rings. The van der Waals surface area contributed by atoms with E-state index in [0.717, 1.165) is 29.8 Å². The summed E-state index contributed by atoms with van der Waals surface area (Å²) in [4.78, 5) is 13.2. The van der Waals surface area contributed by atoms with Crippen molar-refractivity contribution in [2.24, 2.45) is 5.41 Å². The van der Waals surface area contributed by atoms with Crippen LogP contribution in [0.25, 0.3) is 17.2 Å². The molecule has 178 valence electrons. The minimum atomic E-state index is -1.33. The van der Waals surface area contributed by atoms with Crippen LogP contribution in [0.5, 0.6) is 0 Å². The maximum absolute atomic E-state index is 14.5. The summed E-state index contributed by atoms with van der Waals surface area (Å²) in [5.74, 6) is -0.902. The predicted molar refractivity (Wildman–Crippen MR) is 123 cm³/mol. The van der Waals surface area contributed by atoms with Gasteiger partial charge in [0.2, 0.25) is 5.16 Å². The SMILES string of the molecule is CS(=O)c1ncn(-c2nccc([C@]34CC[C@@H](c5cc(-c6c(F)cccc6F)nnc53)C4(C)C)n2)n1. The fourth-order valence-corrected chi connectivity index (χ4v) is 6.33. The lowest BCUT2D eigenvalue weighted by atomic mass is 9.66. The van der Waals surface area contributed by atoms with Crippen molar-refractivity contribution in [3.05, 3.63) is 71.4 Å². The first-order valence-corrected chi connectivity index (χ1v) is 12.7. The Balaban J connectivity index is 1.50. The Labute approximate surface area is 202 Å². The summed E-state index contributed by atoms with van der Waals surface area (Å²) in [5, 5.41) is 13.2. The smallest absolute Gasteiger partial charge is 0.251 e. The first kappa shape index (κ1) is 22.0. The lowest BCUT2D eigenvalue weighted by Crippen LogP contribution is -2.38. The number of aromatic nitrogens is 7. The van der Waals surface area contributed by atoms with E-state index in [2.05, 4.69) is 39.1 Å². The average Bonchev–Trinajstić information content (AvgIpc) is 3.48. The first-order valence-electron chi connectivity index (χ1n) is 11.2. The predicted octanol–water partition coefficient (Wildman–Crippen LogP) is 3.73. The van der Waals surface area contributed by atoms with Crippen LogP contribution in [0.15, 0.2) is 48.0 Å². The quantitative estimate of drug-likeness (QED) is 0.427. The number of fused-ring (bicyclic) bond motifs is 5. The average molecular weight is 494 g/mol. The molecule has 8 nitrogen and oxygen atoms in total. The van der Waals surface area contributed by atoms with Gasteiger partial charge in [0.25, 0.3) is 5.95 Å². The van der Waals surface area contributed by atoms with Crippen molar-refractivity contribution in [2.45, 2.75) is 43.2 Å². The fraction of sp³-hybridized carbons (Fsp3) is 0.333. The number of rotatable bonds is 4. The van der Waals surface area contributed by atoms with Crippen molar-refractivity contribution in [1.82, 2.24) is 34.9 Å². The highest BCUT2D eigenvalue weighted by Crippen LogP contribution is 2.69. The highest BCUT2D eigenvalue weighted by molar-refractivity contribution is 7.84. The molecule has 0 N–H and O–H groups in total. The van der Waals surface area contributed by atoms with E-state index in [1.165, 1.54) is 35.5 Å². The molecule has 1 unspecified atom stereocenters. The number of hydrogen-bond donors (Lipinski definition) is 0. The molecule has 2 aliphatic carbocycles. The second-order valence-electron chi connectivity index (χ2n) is 9.52. The monoisotopic (exact) mass is 493 g/mol. The molecule has 0 spiro atoms. The Morgan fingerprint density at radius 2 is 1.89 bits per heavy atom. The lowest BCUT2D eigenvalue weighted by Gasteiger charge is -2.37. The van der Waals surface area contributed by atoms with Crippen molar-refractivity contribution >= 4 is 10.8 Å². The molecule has 11 heteroatoms. The molecule has 3 aromatic heterocycles. The van der Waals surface area contributed by atoms with E-state index in [0.29, 0.717) is 5.95 Å². The lowest BCUT2D eigenvalue weighted by molar-refractivity contribution is 0.242. The van der Waals surface area contributed by atoms with E-state index < -0.39 is 27.8 Å². The van der Waals surface area contributed by atoms with Gasteiger partial charge >= 0.3 is 0 Å². The van der Waals surface area contributed by atoms with Gasteiger partial charge in [0.05, 0.1) is 38.9 Å². The summed E-state index contributed by atoms with van der Waals surface area (Å²) in [7, 11) is -1.33. The zero-order chi connectivity index (χ0) is 24.5. The normalized spacial score (nSPS) is 22.8.